The number of carbonyl (C=O) groups excluding carboxylic acids is 1. The number of sulfonamides is 1. The second-order valence-corrected chi connectivity index (χ2v) is 8.68. The lowest BCUT2D eigenvalue weighted by molar-refractivity contribution is 0.101. The van der Waals surface area contributed by atoms with E-state index in [1.54, 1.807) is 33.0 Å². The van der Waals surface area contributed by atoms with E-state index >= 15 is 0 Å². The van der Waals surface area contributed by atoms with Gasteiger partial charge in [-0.1, -0.05) is 18.2 Å². The molecule has 0 aliphatic heterocycles. The lowest BCUT2D eigenvalue weighted by Gasteiger charge is -2.09. The van der Waals surface area contributed by atoms with Gasteiger partial charge in [0.1, 0.15) is 10.6 Å². The maximum absolute atomic E-state index is 12.6. The van der Waals surface area contributed by atoms with Gasteiger partial charge in [0.2, 0.25) is 10.0 Å². The fraction of sp³-hybridized carbons (Fsp3) is 0.190. The maximum atomic E-state index is 12.6. The van der Waals surface area contributed by atoms with Crippen molar-refractivity contribution in [1.82, 2.24) is 9.29 Å². The minimum absolute atomic E-state index is 0.0567. The van der Waals surface area contributed by atoms with Crippen LogP contribution < -0.4 is 15.4 Å². The molecule has 29 heavy (non-hydrogen) atoms. The number of aromatic nitrogens is 1. The zero-order chi connectivity index (χ0) is 21.0. The Morgan fingerprint density at radius 1 is 0.931 bits per heavy atom. The molecule has 0 aliphatic carbocycles. The number of rotatable bonds is 7. The van der Waals surface area contributed by atoms with E-state index in [9.17, 15) is 13.2 Å². The smallest absolute Gasteiger partial charge is 0.272 e. The van der Waals surface area contributed by atoms with Crippen molar-refractivity contribution in [2.45, 2.75) is 24.8 Å². The normalized spacial score (nSPS) is 11.4. The molecule has 152 valence electrons. The molecule has 0 bridgehead atoms. The molecule has 0 saturated carbocycles. The van der Waals surface area contributed by atoms with Crippen molar-refractivity contribution in [3.05, 3.63) is 72.6 Å². The highest BCUT2D eigenvalue weighted by Gasteiger charge is 2.21. The Morgan fingerprint density at radius 3 is 2.14 bits per heavy atom. The van der Waals surface area contributed by atoms with E-state index in [1.165, 1.54) is 16.8 Å². The van der Waals surface area contributed by atoms with Crippen LogP contribution in [0.4, 0.5) is 17.1 Å². The number of para-hydroxylation sites is 1. The van der Waals surface area contributed by atoms with Crippen LogP contribution in [-0.4, -0.2) is 24.9 Å². The summed E-state index contributed by atoms with van der Waals surface area (Å²) >= 11 is 0. The third kappa shape index (κ3) is 5.24. The van der Waals surface area contributed by atoms with E-state index < -0.39 is 10.0 Å². The molecule has 0 aliphatic rings. The Kier molecular flexibility index (Phi) is 6.05. The van der Waals surface area contributed by atoms with Crippen LogP contribution in [0.25, 0.3) is 0 Å². The highest BCUT2D eigenvalue weighted by molar-refractivity contribution is 7.89. The van der Waals surface area contributed by atoms with Gasteiger partial charge in [-0.3, -0.25) is 4.79 Å². The number of carbonyl (C=O) groups is 1. The second kappa shape index (κ2) is 8.50. The van der Waals surface area contributed by atoms with Gasteiger partial charge in [0.05, 0.1) is 0 Å². The molecule has 3 rings (SSSR count). The first-order valence-corrected chi connectivity index (χ1v) is 10.6. The molecule has 1 amide bonds. The predicted octanol–water partition coefficient (Wildman–Crippen LogP) is 3.71. The summed E-state index contributed by atoms with van der Waals surface area (Å²) in [6, 6.07) is 18.2. The summed E-state index contributed by atoms with van der Waals surface area (Å²) < 4.78 is 28.6. The summed E-state index contributed by atoms with van der Waals surface area (Å²) in [6.07, 6.45) is 1.42. The molecule has 1 aromatic heterocycles. The lowest BCUT2D eigenvalue weighted by Crippen LogP contribution is -2.29. The van der Waals surface area contributed by atoms with E-state index in [1.807, 2.05) is 42.5 Å². The van der Waals surface area contributed by atoms with Crippen LogP contribution >= 0.6 is 0 Å². The summed E-state index contributed by atoms with van der Waals surface area (Å²) in [4.78, 5) is 12.7. The molecule has 0 radical (unpaired) electrons. The van der Waals surface area contributed by atoms with Gasteiger partial charge in [-0.2, -0.15) is 0 Å². The summed E-state index contributed by atoms with van der Waals surface area (Å²) in [6.45, 7) is 3.48. The first kappa shape index (κ1) is 20.6. The van der Waals surface area contributed by atoms with Crippen LogP contribution in [0.3, 0.4) is 0 Å². The molecule has 1 heterocycles. The van der Waals surface area contributed by atoms with Gasteiger partial charge >= 0.3 is 0 Å². The van der Waals surface area contributed by atoms with Gasteiger partial charge in [0.25, 0.3) is 5.91 Å². The first-order chi connectivity index (χ1) is 13.7. The summed E-state index contributed by atoms with van der Waals surface area (Å²) in [5.74, 6) is -0.387. The number of aryl methyl sites for hydroxylation is 1. The van der Waals surface area contributed by atoms with Crippen molar-refractivity contribution in [3.8, 4) is 0 Å². The van der Waals surface area contributed by atoms with Crippen LogP contribution in [0.15, 0.2) is 71.8 Å². The Morgan fingerprint density at radius 2 is 1.52 bits per heavy atom. The monoisotopic (exact) mass is 412 g/mol. The van der Waals surface area contributed by atoms with Crippen molar-refractivity contribution in [2.24, 2.45) is 7.05 Å². The standard InChI is InChI=1S/C21H24N4O3S/c1-15(2)24-29(27,28)19-13-20(25(3)14-19)21(26)23-18-11-9-17(10-12-18)22-16-7-5-4-6-8-16/h4-15,22,24H,1-3H3,(H,23,26). The molecular weight excluding hydrogens is 388 g/mol. The molecule has 7 nitrogen and oxygen atoms in total. The summed E-state index contributed by atoms with van der Waals surface area (Å²) in [5, 5.41) is 6.06. The molecule has 0 saturated heterocycles. The number of benzene rings is 2. The summed E-state index contributed by atoms with van der Waals surface area (Å²) in [7, 11) is -2.03. The van der Waals surface area contributed by atoms with Gasteiger partial charge < -0.3 is 15.2 Å². The molecule has 3 N–H and O–H groups in total. The van der Waals surface area contributed by atoms with Crippen LogP contribution in [0.2, 0.25) is 0 Å². The average Bonchev–Trinajstić information content (AvgIpc) is 3.06. The Labute approximate surface area is 170 Å². The largest absolute Gasteiger partial charge is 0.356 e. The fourth-order valence-corrected chi connectivity index (χ4v) is 4.13. The molecule has 2 aromatic carbocycles. The van der Waals surface area contributed by atoms with E-state index in [0.717, 1.165) is 11.4 Å². The van der Waals surface area contributed by atoms with Crippen molar-refractivity contribution >= 4 is 33.0 Å². The van der Waals surface area contributed by atoms with Crippen LogP contribution in [0, 0.1) is 0 Å². The minimum atomic E-state index is -3.66. The van der Waals surface area contributed by atoms with E-state index in [-0.39, 0.29) is 22.5 Å². The van der Waals surface area contributed by atoms with Gasteiger partial charge in [-0.15, -0.1) is 0 Å². The zero-order valence-corrected chi connectivity index (χ0v) is 17.3. The third-order valence-corrected chi connectivity index (χ3v) is 5.74. The Balaban J connectivity index is 1.70. The SMILES string of the molecule is CC(C)NS(=O)(=O)c1cc(C(=O)Nc2ccc(Nc3ccccc3)cc2)n(C)c1. The second-order valence-electron chi connectivity index (χ2n) is 6.97. The highest BCUT2D eigenvalue weighted by atomic mass is 32.2. The van der Waals surface area contributed by atoms with Crippen LogP contribution in [0.1, 0.15) is 24.3 Å². The van der Waals surface area contributed by atoms with Gasteiger partial charge in [-0.05, 0) is 56.3 Å². The molecule has 3 aromatic rings. The molecular formula is C21H24N4O3S. The Bertz CT molecular complexity index is 1090. The van der Waals surface area contributed by atoms with Crippen LogP contribution in [0.5, 0.6) is 0 Å². The Hall–Kier alpha value is -3.10. The number of hydrogen-bond donors (Lipinski definition) is 3. The van der Waals surface area contributed by atoms with Crippen LogP contribution in [-0.2, 0) is 17.1 Å². The molecule has 0 unspecified atom stereocenters. The molecule has 0 fully saturated rings. The van der Waals surface area contributed by atoms with Crippen molar-refractivity contribution < 1.29 is 13.2 Å². The summed E-state index contributed by atoms with van der Waals surface area (Å²) in [5.41, 5.74) is 2.72. The molecule has 0 spiro atoms. The van der Waals surface area contributed by atoms with E-state index in [2.05, 4.69) is 15.4 Å². The quantitative estimate of drug-likeness (QED) is 0.552. The molecule has 8 heteroatoms. The fourth-order valence-electron chi connectivity index (χ4n) is 2.81. The topological polar surface area (TPSA) is 92.2 Å². The number of nitrogens with zero attached hydrogens (tertiary/aromatic N) is 1. The van der Waals surface area contributed by atoms with Crippen molar-refractivity contribution in [2.75, 3.05) is 10.6 Å². The van der Waals surface area contributed by atoms with Crippen molar-refractivity contribution in [1.29, 1.82) is 0 Å². The van der Waals surface area contributed by atoms with Gasteiger partial charge in [0.15, 0.2) is 0 Å². The molecule has 0 atom stereocenters. The number of amides is 1. The number of anilines is 3. The average molecular weight is 413 g/mol. The predicted molar refractivity (Wildman–Crippen MR) is 115 cm³/mol. The van der Waals surface area contributed by atoms with Gasteiger partial charge in [0, 0.05) is 36.3 Å². The maximum Gasteiger partial charge on any atom is 0.272 e. The van der Waals surface area contributed by atoms with Crippen molar-refractivity contribution in [3.63, 3.8) is 0 Å². The van der Waals surface area contributed by atoms with Gasteiger partial charge in [-0.25, -0.2) is 13.1 Å². The number of hydrogen-bond acceptors (Lipinski definition) is 4. The highest BCUT2D eigenvalue weighted by Crippen LogP contribution is 2.20. The number of nitrogens with one attached hydrogen (secondary N) is 3. The van der Waals surface area contributed by atoms with E-state index in [4.69, 9.17) is 0 Å². The van der Waals surface area contributed by atoms with E-state index in [0.29, 0.717) is 5.69 Å². The zero-order valence-electron chi connectivity index (χ0n) is 16.5. The lowest BCUT2D eigenvalue weighted by atomic mass is 10.2. The first-order valence-electron chi connectivity index (χ1n) is 9.17. The third-order valence-electron chi connectivity index (χ3n) is 4.12. The minimum Gasteiger partial charge on any atom is -0.356 e.